The Labute approximate surface area is 59.6 Å². The van der Waals surface area contributed by atoms with Crippen molar-refractivity contribution >= 4 is 8.03 Å². The molecule has 0 aliphatic heterocycles. The zero-order chi connectivity index (χ0) is 7.40. The Bertz CT molecular complexity index is 224. The van der Waals surface area contributed by atoms with Gasteiger partial charge in [0.25, 0.3) is 0 Å². The van der Waals surface area contributed by atoms with E-state index in [-0.39, 0.29) is 6.16 Å². The second-order valence-corrected chi connectivity index (χ2v) is 2.89. The van der Waals surface area contributed by atoms with Gasteiger partial charge in [-0.3, -0.25) is 4.98 Å². The van der Waals surface area contributed by atoms with Crippen LogP contribution in [0, 0.1) is 0 Å². The van der Waals surface area contributed by atoms with Crippen LogP contribution in [0.1, 0.15) is 5.56 Å². The molecule has 0 amide bonds. The van der Waals surface area contributed by atoms with Crippen LogP contribution in [0.25, 0.3) is 0 Å². The average Bonchev–Trinajstić information content (AvgIpc) is 1.88. The minimum atomic E-state index is -2.07. The molecule has 0 spiro atoms. The van der Waals surface area contributed by atoms with Crippen molar-refractivity contribution in [2.24, 2.45) is 0 Å². The van der Waals surface area contributed by atoms with Crippen LogP contribution in [0.15, 0.2) is 24.5 Å². The molecule has 0 radical (unpaired) electrons. The first-order valence-electron chi connectivity index (χ1n) is 2.81. The van der Waals surface area contributed by atoms with Crippen molar-refractivity contribution in [3.05, 3.63) is 30.1 Å². The van der Waals surface area contributed by atoms with E-state index in [1.165, 1.54) is 0 Å². The summed E-state index contributed by atoms with van der Waals surface area (Å²) in [5.74, 6) is 0. The molecule has 10 heavy (non-hydrogen) atoms. The summed E-state index contributed by atoms with van der Waals surface area (Å²) in [6, 6.07) is 3.52. The Morgan fingerprint density at radius 3 is 3.00 bits per heavy atom. The maximum atomic E-state index is 10.3. The normalized spacial score (nSPS) is 11.1. The van der Waals surface area contributed by atoms with Crippen LogP contribution < -0.4 is 0 Å². The highest BCUT2D eigenvalue weighted by molar-refractivity contribution is 7.37. The molecule has 1 heterocycles. The van der Waals surface area contributed by atoms with Gasteiger partial charge < -0.3 is 0 Å². The number of hydrogen-bond acceptors (Lipinski definition) is 2. The third-order valence-corrected chi connectivity index (χ3v) is 1.68. The summed E-state index contributed by atoms with van der Waals surface area (Å²) in [7, 11) is -2.07. The lowest BCUT2D eigenvalue weighted by Gasteiger charge is -1.85. The van der Waals surface area contributed by atoms with Crippen molar-refractivity contribution in [3.63, 3.8) is 0 Å². The van der Waals surface area contributed by atoms with Crippen molar-refractivity contribution < 1.29 is 9.46 Å². The molecule has 1 unspecified atom stereocenters. The molecule has 0 aromatic carbocycles. The second-order valence-electron chi connectivity index (χ2n) is 1.87. The quantitative estimate of drug-likeness (QED) is 0.657. The maximum absolute atomic E-state index is 10.3. The molecular formula is C6H7NO2P+. The first-order chi connectivity index (χ1) is 4.79. The van der Waals surface area contributed by atoms with Crippen LogP contribution >= 0.6 is 8.03 Å². The van der Waals surface area contributed by atoms with Crippen molar-refractivity contribution in [1.29, 1.82) is 0 Å². The van der Waals surface area contributed by atoms with Crippen molar-refractivity contribution in [2.75, 3.05) is 0 Å². The van der Waals surface area contributed by atoms with E-state index in [0.717, 1.165) is 5.56 Å². The molecule has 1 N–H and O–H groups in total. The van der Waals surface area contributed by atoms with Gasteiger partial charge in [0.2, 0.25) is 6.16 Å². The van der Waals surface area contributed by atoms with Crippen molar-refractivity contribution in [2.45, 2.75) is 6.16 Å². The molecule has 0 fully saturated rings. The van der Waals surface area contributed by atoms with E-state index < -0.39 is 8.03 Å². The van der Waals surface area contributed by atoms with Gasteiger partial charge >= 0.3 is 8.03 Å². The van der Waals surface area contributed by atoms with E-state index >= 15 is 0 Å². The Balaban J connectivity index is 2.67. The first-order valence-corrected chi connectivity index (χ1v) is 4.21. The third kappa shape index (κ3) is 2.21. The highest BCUT2D eigenvalue weighted by Gasteiger charge is 2.10. The minimum absolute atomic E-state index is 0.198. The van der Waals surface area contributed by atoms with Gasteiger partial charge in [-0.2, -0.15) is 4.89 Å². The molecule has 0 saturated carbocycles. The SMILES string of the molecule is O=[P+](O)Cc1cccnc1. The summed E-state index contributed by atoms with van der Waals surface area (Å²) in [4.78, 5) is 12.3. The predicted molar refractivity (Wildman–Crippen MR) is 37.8 cm³/mol. The maximum Gasteiger partial charge on any atom is 0.510 e. The fourth-order valence-electron chi connectivity index (χ4n) is 0.648. The van der Waals surface area contributed by atoms with Gasteiger partial charge in [0.05, 0.1) is 0 Å². The number of aromatic nitrogens is 1. The molecular weight excluding hydrogens is 149 g/mol. The zero-order valence-corrected chi connectivity index (χ0v) is 6.16. The minimum Gasteiger partial charge on any atom is -0.264 e. The molecule has 1 aromatic rings. The van der Waals surface area contributed by atoms with E-state index in [1.807, 2.05) is 0 Å². The van der Waals surface area contributed by atoms with Crippen molar-refractivity contribution in [1.82, 2.24) is 4.98 Å². The molecule has 52 valence electrons. The average molecular weight is 156 g/mol. The van der Waals surface area contributed by atoms with E-state index in [2.05, 4.69) is 4.98 Å². The van der Waals surface area contributed by atoms with Gasteiger partial charge in [-0.05, 0) is 10.6 Å². The van der Waals surface area contributed by atoms with Crippen LogP contribution in [0.3, 0.4) is 0 Å². The molecule has 4 heteroatoms. The second kappa shape index (κ2) is 3.40. The number of rotatable bonds is 2. The lowest BCUT2D eigenvalue weighted by atomic mass is 10.3. The topological polar surface area (TPSA) is 50.2 Å². The Morgan fingerprint density at radius 1 is 1.70 bits per heavy atom. The van der Waals surface area contributed by atoms with Crippen LogP contribution in [-0.4, -0.2) is 9.88 Å². The van der Waals surface area contributed by atoms with E-state index in [0.29, 0.717) is 0 Å². The summed E-state index contributed by atoms with van der Waals surface area (Å²) in [5.41, 5.74) is 0.797. The number of pyridine rings is 1. The van der Waals surface area contributed by atoms with E-state index in [1.54, 1.807) is 24.5 Å². The fraction of sp³-hybridized carbons (Fsp3) is 0.167. The highest BCUT2D eigenvalue weighted by atomic mass is 31.1. The van der Waals surface area contributed by atoms with Crippen LogP contribution in [0.2, 0.25) is 0 Å². The standard InChI is InChI=1S/C6H6NO2P/c8-10(9)5-6-2-1-3-7-4-6/h1-4H,5H2/p+1. The molecule has 3 nitrogen and oxygen atoms in total. The van der Waals surface area contributed by atoms with Gasteiger partial charge in [0.15, 0.2) is 0 Å². The van der Waals surface area contributed by atoms with Crippen LogP contribution in [0.5, 0.6) is 0 Å². The molecule has 0 aliphatic carbocycles. The molecule has 1 aromatic heterocycles. The molecule has 0 saturated heterocycles. The highest BCUT2D eigenvalue weighted by Crippen LogP contribution is 2.19. The third-order valence-electron chi connectivity index (χ3n) is 1.04. The smallest absolute Gasteiger partial charge is 0.264 e. The van der Waals surface area contributed by atoms with E-state index in [4.69, 9.17) is 4.89 Å². The van der Waals surface area contributed by atoms with Gasteiger partial charge in [-0.25, -0.2) is 0 Å². The molecule has 1 atom stereocenters. The van der Waals surface area contributed by atoms with Crippen LogP contribution in [-0.2, 0) is 10.7 Å². The summed E-state index contributed by atoms with van der Waals surface area (Å²) in [6.45, 7) is 0. The Hall–Kier alpha value is -0.790. The summed E-state index contributed by atoms with van der Waals surface area (Å²) >= 11 is 0. The van der Waals surface area contributed by atoms with Gasteiger partial charge in [-0.15, -0.1) is 0 Å². The van der Waals surface area contributed by atoms with Gasteiger partial charge in [0.1, 0.15) is 0 Å². The first kappa shape index (κ1) is 7.32. The monoisotopic (exact) mass is 156 g/mol. The lowest BCUT2D eigenvalue weighted by Crippen LogP contribution is -1.79. The zero-order valence-electron chi connectivity index (χ0n) is 5.27. The van der Waals surface area contributed by atoms with E-state index in [9.17, 15) is 4.57 Å². The number of hydrogen-bond donors (Lipinski definition) is 1. The van der Waals surface area contributed by atoms with Crippen molar-refractivity contribution in [3.8, 4) is 0 Å². The summed E-state index contributed by atoms with van der Waals surface area (Å²) in [6.07, 6.45) is 3.42. The molecule has 0 bridgehead atoms. The van der Waals surface area contributed by atoms with Gasteiger partial charge in [-0.1, -0.05) is 6.07 Å². The Morgan fingerprint density at radius 2 is 2.50 bits per heavy atom. The lowest BCUT2D eigenvalue weighted by molar-refractivity contribution is 0.502. The largest absolute Gasteiger partial charge is 0.510 e. The fourth-order valence-corrected chi connectivity index (χ4v) is 1.15. The Kier molecular flexibility index (Phi) is 2.49. The summed E-state index contributed by atoms with van der Waals surface area (Å²) in [5, 5.41) is 0. The van der Waals surface area contributed by atoms with Crippen LogP contribution in [0.4, 0.5) is 0 Å². The molecule has 0 aliphatic rings. The number of nitrogens with zero attached hydrogens (tertiary/aromatic N) is 1. The predicted octanol–water partition coefficient (Wildman–Crippen LogP) is 1.32. The molecule has 1 rings (SSSR count). The van der Waals surface area contributed by atoms with Gasteiger partial charge in [0, 0.05) is 18.0 Å². The summed E-state index contributed by atoms with van der Waals surface area (Å²) < 4.78 is 10.3.